The van der Waals surface area contributed by atoms with Crippen LogP contribution in [0.1, 0.15) is 32.6 Å². The molecule has 0 aromatic heterocycles. The Morgan fingerprint density at radius 1 is 1.06 bits per heavy atom. The first kappa shape index (κ1) is 16.8. The van der Waals surface area contributed by atoms with Crippen molar-refractivity contribution in [3.63, 3.8) is 0 Å². The summed E-state index contributed by atoms with van der Waals surface area (Å²) in [5.41, 5.74) is 0. The van der Waals surface area contributed by atoms with Crippen LogP contribution in [0, 0.1) is 12.2 Å². The Morgan fingerprint density at radius 2 is 1.65 bits per heavy atom. The van der Waals surface area contributed by atoms with Crippen molar-refractivity contribution < 1.29 is 30.9 Å². The molecule has 2 aliphatic carbocycles. The molecule has 0 amide bonds. The number of rotatable bonds is 0. The molecule has 1 aliphatic heterocycles. The fraction of sp³-hybridized carbons (Fsp3) is 0.467. The van der Waals surface area contributed by atoms with Crippen LogP contribution >= 0.6 is 0 Å². The summed E-state index contributed by atoms with van der Waals surface area (Å²) in [7, 11) is 0. The molecular weight excluding hydrogens is 287 g/mol. The summed E-state index contributed by atoms with van der Waals surface area (Å²) in [5, 5.41) is 0. The summed E-state index contributed by atoms with van der Waals surface area (Å²) in [6.45, 7) is 3.11. The quantitative estimate of drug-likeness (QED) is 0.619. The van der Waals surface area contributed by atoms with Crippen molar-refractivity contribution >= 4 is 0 Å². The molecular formula is C15H20OZr. The van der Waals surface area contributed by atoms with Crippen molar-refractivity contribution in [2.45, 2.75) is 38.7 Å². The predicted octanol–water partition coefficient (Wildman–Crippen LogP) is 3.79. The number of allylic oxidation sites excluding steroid dienone is 8. The first-order chi connectivity index (χ1) is 7.89. The van der Waals surface area contributed by atoms with Crippen LogP contribution in [-0.4, -0.2) is 12.7 Å². The van der Waals surface area contributed by atoms with Crippen LogP contribution < -0.4 is 0 Å². The van der Waals surface area contributed by atoms with Gasteiger partial charge in [0.1, 0.15) is 0 Å². The second-order valence-electron chi connectivity index (χ2n) is 3.83. The summed E-state index contributed by atoms with van der Waals surface area (Å²) in [5.74, 6) is 0. The van der Waals surface area contributed by atoms with Crippen LogP contribution in [0.25, 0.3) is 0 Å². The van der Waals surface area contributed by atoms with Gasteiger partial charge in [-0.05, 0) is 19.8 Å². The van der Waals surface area contributed by atoms with E-state index in [-0.39, 0.29) is 26.2 Å². The second-order valence-corrected chi connectivity index (χ2v) is 3.83. The van der Waals surface area contributed by atoms with E-state index in [0.717, 1.165) is 19.4 Å². The molecule has 90 valence electrons. The largest absolute Gasteiger partial charge is 2.00 e. The third kappa shape index (κ3) is 10.7. The van der Waals surface area contributed by atoms with Crippen molar-refractivity contribution in [3.05, 3.63) is 48.6 Å². The standard InChI is InChI=1S/C5H10O.2C5H5.Zr/c1-5-3-2-4-6-5;2*1-2-4-5-3-1;/h5H,2-4H2,1H3;2*1-3H,4H2;/q;2*-1;+2. The van der Waals surface area contributed by atoms with Crippen molar-refractivity contribution in [1.29, 1.82) is 0 Å². The molecule has 1 saturated heterocycles. The molecule has 2 heteroatoms. The number of hydrogen-bond acceptors (Lipinski definition) is 1. The maximum absolute atomic E-state index is 5.15. The third-order valence-electron chi connectivity index (χ3n) is 2.33. The summed E-state index contributed by atoms with van der Waals surface area (Å²) in [4.78, 5) is 0. The molecule has 0 aromatic rings. The average Bonchev–Trinajstić information content (AvgIpc) is 3.07. The van der Waals surface area contributed by atoms with Crippen molar-refractivity contribution in [2.24, 2.45) is 0 Å². The van der Waals surface area contributed by atoms with Gasteiger partial charge in [0.2, 0.25) is 0 Å². The van der Waals surface area contributed by atoms with Crippen LogP contribution in [0.5, 0.6) is 0 Å². The maximum Gasteiger partial charge on any atom is 2.00 e. The second kappa shape index (κ2) is 12.3. The molecule has 1 unspecified atom stereocenters. The van der Waals surface area contributed by atoms with Gasteiger partial charge in [-0.1, -0.05) is 0 Å². The van der Waals surface area contributed by atoms with E-state index in [1.54, 1.807) is 0 Å². The molecule has 1 atom stereocenters. The topological polar surface area (TPSA) is 9.23 Å². The molecule has 1 fully saturated rings. The molecule has 0 N–H and O–H groups in total. The van der Waals surface area contributed by atoms with Gasteiger partial charge in [0.15, 0.2) is 0 Å². The molecule has 0 spiro atoms. The zero-order valence-electron chi connectivity index (χ0n) is 10.5. The number of hydrogen-bond donors (Lipinski definition) is 0. The van der Waals surface area contributed by atoms with Gasteiger partial charge in [0, 0.05) is 6.61 Å². The minimum Gasteiger partial charge on any atom is -0.379 e. The summed E-state index contributed by atoms with van der Waals surface area (Å²) < 4.78 is 5.15. The van der Waals surface area contributed by atoms with Gasteiger partial charge in [0.25, 0.3) is 0 Å². The first-order valence-corrected chi connectivity index (χ1v) is 5.94. The fourth-order valence-corrected chi connectivity index (χ4v) is 1.42. The Hall–Kier alpha value is -0.197. The monoisotopic (exact) mass is 306 g/mol. The van der Waals surface area contributed by atoms with E-state index in [9.17, 15) is 0 Å². The van der Waals surface area contributed by atoms with E-state index < -0.39 is 0 Å². The first-order valence-electron chi connectivity index (χ1n) is 5.94. The van der Waals surface area contributed by atoms with Crippen LogP contribution in [0.4, 0.5) is 0 Å². The van der Waals surface area contributed by atoms with Gasteiger partial charge < -0.3 is 4.74 Å². The van der Waals surface area contributed by atoms with Crippen molar-refractivity contribution in [1.82, 2.24) is 0 Å². The van der Waals surface area contributed by atoms with Crippen molar-refractivity contribution in [2.75, 3.05) is 6.61 Å². The van der Waals surface area contributed by atoms with Gasteiger partial charge >= 0.3 is 26.2 Å². The van der Waals surface area contributed by atoms with Crippen molar-refractivity contribution in [3.8, 4) is 0 Å². The molecule has 1 nitrogen and oxygen atoms in total. The average molecular weight is 308 g/mol. The van der Waals surface area contributed by atoms with Crippen LogP contribution in [-0.2, 0) is 30.9 Å². The van der Waals surface area contributed by atoms with E-state index in [0.29, 0.717) is 6.10 Å². The van der Waals surface area contributed by atoms with Gasteiger partial charge in [-0.25, -0.2) is 24.3 Å². The maximum atomic E-state index is 5.15. The Labute approximate surface area is 124 Å². The summed E-state index contributed by atoms with van der Waals surface area (Å²) in [6, 6.07) is 0. The molecule has 3 aliphatic rings. The van der Waals surface area contributed by atoms with Gasteiger partial charge in [0.05, 0.1) is 6.10 Å². The van der Waals surface area contributed by atoms with Crippen LogP contribution in [0.2, 0.25) is 0 Å². The molecule has 0 aromatic carbocycles. The minimum atomic E-state index is 0. The predicted molar refractivity (Wildman–Crippen MR) is 67.8 cm³/mol. The SMILES string of the molecule is CC1CCCO1.[C-]1=CC=CC1.[C-]1=CC=CC1.[Zr+2]. The van der Waals surface area contributed by atoms with E-state index in [2.05, 4.69) is 31.2 Å². The smallest absolute Gasteiger partial charge is 0.379 e. The Kier molecular flexibility index (Phi) is 12.1. The zero-order valence-corrected chi connectivity index (χ0v) is 12.9. The van der Waals surface area contributed by atoms with Gasteiger partial charge in [-0.3, -0.25) is 12.2 Å². The van der Waals surface area contributed by atoms with Gasteiger partial charge in [-0.2, -0.15) is 12.2 Å². The normalized spacial score (nSPS) is 22.5. The molecule has 0 bridgehead atoms. The Bertz CT molecular complexity index is 229. The number of ether oxygens (including phenoxy) is 1. The molecule has 0 radical (unpaired) electrons. The summed E-state index contributed by atoms with van der Waals surface area (Å²) in [6.07, 6.45) is 23.1. The Balaban J connectivity index is 0.000000221. The van der Waals surface area contributed by atoms with Crippen LogP contribution in [0.3, 0.4) is 0 Å². The Morgan fingerprint density at radius 3 is 1.76 bits per heavy atom. The van der Waals surface area contributed by atoms with Crippen LogP contribution in [0.15, 0.2) is 36.5 Å². The van der Waals surface area contributed by atoms with Gasteiger partial charge in [-0.15, -0.1) is 12.8 Å². The minimum absolute atomic E-state index is 0. The molecule has 3 rings (SSSR count). The van der Waals surface area contributed by atoms with E-state index in [1.807, 2.05) is 24.3 Å². The van der Waals surface area contributed by atoms with E-state index >= 15 is 0 Å². The third-order valence-corrected chi connectivity index (χ3v) is 2.33. The molecule has 17 heavy (non-hydrogen) atoms. The van der Waals surface area contributed by atoms with E-state index in [4.69, 9.17) is 4.74 Å². The molecule has 1 heterocycles. The molecule has 0 saturated carbocycles. The fourth-order valence-electron chi connectivity index (χ4n) is 1.42. The zero-order chi connectivity index (χ0) is 11.5. The summed E-state index contributed by atoms with van der Waals surface area (Å²) >= 11 is 0. The van der Waals surface area contributed by atoms with E-state index in [1.165, 1.54) is 12.8 Å².